The van der Waals surface area contributed by atoms with Crippen LogP contribution in [0.3, 0.4) is 0 Å². The molecule has 6 nitrogen and oxygen atoms in total. The first-order valence-electron chi connectivity index (χ1n) is 9.08. The fourth-order valence-electron chi connectivity index (χ4n) is 2.75. The minimum atomic E-state index is -0.385. The van der Waals surface area contributed by atoms with Gasteiger partial charge in [0, 0.05) is 26.5 Å². The van der Waals surface area contributed by atoms with E-state index in [0.717, 1.165) is 28.1 Å². The van der Waals surface area contributed by atoms with Crippen molar-refractivity contribution in [2.45, 2.75) is 26.9 Å². The summed E-state index contributed by atoms with van der Waals surface area (Å²) in [6.45, 7) is 5.28. The van der Waals surface area contributed by atoms with Gasteiger partial charge in [-0.25, -0.2) is 0 Å². The number of methoxy groups -OCH3 is 1. The van der Waals surface area contributed by atoms with E-state index in [2.05, 4.69) is 10.3 Å². The van der Waals surface area contributed by atoms with Crippen LogP contribution >= 0.6 is 0 Å². The molecule has 146 valence electrons. The fraction of sp³-hybridized carbons (Fsp3) is 0.318. The standard InChI is InChI=1S/C22H25N3O3/c1-16-11-18(13-19(14-23)22(26)25-9-6-10-27-3)12-17(2)21(16)28-15-20-7-4-5-8-24-20/h4-5,7-8,11-13H,6,9-10,15H2,1-3H3,(H,25,26)/b19-13+. The Morgan fingerprint density at radius 3 is 2.64 bits per heavy atom. The van der Waals surface area contributed by atoms with E-state index < -0.39 is 0 Å². The van der Waals surface area contributed by atoms with Crippen LogP contribution in [-0.2, 0) is 16.1 Å². The minimum Gasteiger partial charge on any atom is -0.487 e. The van der Waals surface area contributed by atoms with Crippen molar-refractivity contribution in [3.8, 4) is 11.8 Å². The van der Waals surface area contributed by atoms with E-state index in [9.17, 15) is 10.1 Å². The van der Waals surface area contributed by atoms with E-state index in [-0.39, 0.29) is 11.5 Å². The van der Waals surface area contributed by atoms with Crippen LogP contribution in [0, 0.1) is 25.2 Å². The number of carbonyl (C=O) groups excluding carboxylic acids is 1. The second-order valence-electron chi connectivity index (χ2n) is 6.37. The van der Waals surface area contributed by atoms with Crippen LogP contribution in [0.5, 0.6) is 5.75 Å². The molecule has 0 bridgehead atoms. The maximum atomic E-state index is 12.2. The first-order valence-corrected chi connectivity index (χ1v) is 9.08. The lowest BCUT2D eigenvalue weighted by Crippen LogP contribution is -2.26. The summed E-state index contributed by atoms with van der Waals surface area (Å²) in [5.41, 5.74) is 3.56. The van der Waals surface area contributed by atoms with E-state index in [1.807, 2.05) is 50.2 Å². The predicted molar refractivity (Wildman–Crippen MR) is 108 cm³/mol. The van der Waals surface area contributed by atoms with Gasteiger partial charge in [0.15, 0.2) is 0 Å². The Hall–Kier alpha value is -3.17. The number of pyridine rings is 1. The minimum absolute atomic E-state index is 0.0679. The van der Waals surface area contributed by atoms with Gasteiger partial charge in [0.1, 0.15) is 24.0 Å². The van der Waals surface area contributed by atoms with Crippen LogP contribution in [-0.4, -0.2) is 31.2 Å². The largest absolute Gasteiger partial charge is 0.487 e. The van der Waals surface area contributed by atoms with Crippen LogP contribution in [0.4, 0.5) is 0 Å². The van der Waals surface area contributed by atoms with Crippen molar-refractivity contribution in [1.29, 1.82) is 5.26 Å². The van der Waals surface area contributed by atoms with Crippen LogP contribution in [0.25, 0.3) is 6.08 Å². The lowest BCUT2D eigenvalue weighted by atomic mass is 10.0. The molecular weight excluding hydrogens is 354 g/mol. The van der Waals surface area contributed by atoms with Gasteiger partial charge in [-0.15, -0.1) is 0 Å². The maximum absolute atomic E-state index is 12.2. The Morgan fingerprint density at radius 2 is 2.04 bits per heavy atom. The van der Waals surface area contributed by atoms with Crippen LogP contribution in [0.15, 0.2) is 42.1 Å². The fourth-order valence-corrected chi connectivity index (χ4v) is 2.75. The summed E-state index contributed by atoms with van der Waals surface area (Å²) in [6, 6.07) is 11.5. The number of carbonyl (C=O) groups is 1. The molecule has 2 rings (SSSR count). The van der Waals surface area contributed by atoms with Crippen LogP contribution in [0.1, 0.15) is 28.8 Å². The summed E-state index contributed by atoms with van der Waals surface area (Å²) in [5, 5.41) is 12.1. The zero-order chi connectivity index (χ0) is 20.4. The number of aryl methyl sites for hydroxylation is 2. The van der Waals surface area contributed by atoms with Crippen LogP contribution in [0.2, 0.25) is 0 Å². The molecule has 0 aliphatic rings. The molecule has 2 aromatic rings. The molecule has 1 N–H and O–H groups in total. The van der Waals surface area contributed by atoms with Crippen molar-refractivity contribution in [3.63, 3.8) is 0 Å². The monoisotopic (exact) mass is 379 g/mol. The molecule has 1 aromatic heterocycles. The number of ether oxygens (including phenoxy) is 2. The second kappa shape index (κ2) is 10.9. The summed E-state index contributed by atoms with van der Waals surface area (Å²) in [7, 11) is 1.61. The molecule has 0 atom stereocenters. The molecule has 0 aliphatic carbocycles. The molecule has 0 saturated carbocycles. The van der Waals surface area contributed by atoms with E-state index in [4.69, 9.17) is 9.47 Å². The smallest absolute Gasteiger partial charge is 0.261 e. The molecule has 0 radical (unpaired) electrons. The predicted octanol–water partition coefficient (Wildman–Crippen LogP) is 3.34. The quantitative estimate of drug-likeness (QED) is 0.410. The molecule has 1 aromatic carbocycles. The SMILES string of the molecule is COCCCNC(=O)/C(C#N)=C/c1cc(C)c(OCc2ccccn2)c(C)c1. The van der Waals surface area contributed by atoms with Gasteiger partial charge in [-0.05, 0) is 67.3 Å². The summed E-state index contributed by atoms with van der Waals surface area (Å²) >= 11 is 0. The third-order valence-corrected chi connectivity index (χ3v) is 4.06. The summed E-state index contributed by atoms with van der Waals surface area (Å²) < 4.78 is 10.9. The zero-order valence-corrected chi connectivity index (χ0v) is 16.5. The first kappa shape index (κ1) is 21.1. The highest BCUT2D eigenvalue weighted by Gasteiger charge is 2.11. The Labute approximate surface area is 165 Å². The second-order valence-corrected chi connectivity index (χ2v) is 6.37. The highest BCUT2D eigenvalue weighted by Crippen LogP contribution is 2.26. The molecule has 0 unspecified atom stereocenters. The summed E-state index contributed by atoms with van der Waals surface area (Å²) in [6.07, 6.45) is 4.02. The number of amides is 1. The highest BCUT2D eigenvalue weighted by molar-refractivity contribution is 6.01. The Kier molecular flexibility index (Phi) is 8.19. The van der Waals surface area contributed by atoms with Crippen molar-refractivity contribution in [3.05, 3.63) is 64.5 Å². The number of rotatable bonds is 9. The molecule has 0 spiro atoms. The summed E-state index contributed by atoms with van der Waals surface area (Å²) in [5.74, 6) is 0.398. The van der Waals surface area contributed by atoms with Gasteiger partial charge in [-0.2, -0.15) is 5.26 Å². The topological polar surface area (TPSA) is 84.2 Å². The van der Waals surface area contributed by atoms with Gasteiger partial charge in [-0.1, -0.05) is 6.07 Å². The van der Waals surface area contributed by atoms with Gasteiger partial charge in [0.25, 0.3) is 5.91 Å². The lowest BCUT2D eigenvalue weighted by Gasteiger charge is -2.13. The number of nitriles is 1. The molecule has 0 fully saturated rings. The van der Waals surface area contributed by atoms with Gasteiger partial charge in [0.2, 0.25) is 0 Å². The number of aromatic nitrogens is 1. The van der Waals surface area contributed by atoms with Crippen molar-refractivity contribution in [2.24, 2.45) is 0 Å². The van der Waals surface area contributed by atoms with Gasteiger partial charge < -0.3 is 14.8 Å². The van der Waals surface area contributed by atoms with Crippen LogP contribution < -0.4 is 10.1 Å². The third kappa shape index (κ3) is 6.22. The lowest BCUT2D eigenvalue weighted by molar-refractivity contribution is -0.117. The molecule has 6 heteroatoms. The Balaban J connectivity index is 2.10. The number of hydrogen-bond acceptors (Lipinski definition) is 5. The number of benzene rings is 1. The van der Waals surface area contributed by atoms with E-state index in [1.165, 1.54) is 0 Å². The van der Waals surface area contributed by atoms with E-state index >= 15 is 0 Å². The van der Waals surface area contributed by atoms with Gasteiger partial charge >= 0.3 is 0 Å². The normalized spacial score (nSPS) is 11.0. The number of hydrogen-bond donors (Lipinski definition) is 1. The Morgan fingerprint density at radius 1 is 1.29 bits per heavy atom. The summed E-state index contributed by atoms with van der Waals surface area (Å²) in [4.78, 5) is 16.4. The first-order chi connectivity index (χ1) is 13.5. The van der Waals surface area contributed by atoms with E-state index in [1.54, 1.807) is 19.4 Å². The van der Waals surface area contributed by atoms with Gasteiger partial charge in [0.05, 0.1) is 5.69 Å². The zero-order valence-electron chi connectivity index (χ0n) is 16.5. The molecule has 0 saturated heterocycles. The van der Waals surface area contributed by atoms with Crippen molar-refractivity contribution < 1.29 is 14.3 Å². The average molecular weight is 379 g/mol. The molecule has 1 heterocycles. The number of nitrogens with zero attached hydrogens (tertiary/aromatic N) is 2. The van der Waals surface area contributed by atoms with Crippen molar-refractivity contribution in [2.75, 3.05) is 20.3 Å². The third-order valence-electron chi connectivity index (χ3n) is 4.06. The maximum Gasteiger partial charge on any atom is 0.261 e. The van der Waals surface area contributed by atoms with Crippen molar-refractivity contribution in [1.82, 2.24) is 10.3 Å². The number of nitrogens with one attached hydrogen (secondary N) is 1. The molecule has 0 aliphatic heterocycles. The average Bonchev–Trinajstić information content (AvgIpc) is 2.69. The molecule has 1 amide bonds. The van der Waals surface area contributed by atoms with E-state index in [0.29, 0.717) is 26.2 Å². The van der Waals surface area contributed by atoms with Crippen molar-refractivity contribution >= 4 is 12.0 Å². The molecular formula is C22H25N3O3. The van der Waals surface area contributed by atoms with Gasteiger partial charge in [-0.3, -0.25) is 9.78 Å². The highest BCUT2D eigenvalue weighted by atomic mass is 16.5. The Bertz CT molecular complexity index is 847. The molecule has 28 heavy (non-hydrogen) atoms.